The molecule has 1 amide bonds. The number of ether oxygens (including phenoxy) is 1. The lowest BCUT2D eigenvalue weighted by Gasteiger charge is -2.10. The maximum Gasteiger partial charge on any atom is 0.359 e. The van der Waals surface area contributed by atoms with Crippen molar-refractivity contribution in [2.45, 2.75) is 6.92 Å². The molecule has 144 valence electrons. The molecule has 0 spiro atoms. The van der Waals surface area contributed by atoms with Crippen molar-refractivity contribution in [2.75, 3.05) is 11.9 Å². The minimum Gasteiger partial charge on any atom is -0.451 e. The van der Waals surface area contributed by atoms with Crippen LogP contribution in [0.3, 0.4) is 0 Å². The summed E-state index contributed by atoms with van der Waals surface area (Å²) in [6, 6.07) is 7.97. The molecule has 0 fully saturated rings. The zero-order chi connectivity index (χ0) is 20.4. The Morgan fingerprint density at radius 2 is 1.86 bits per heavy atom. The van der Waals surface area contributed by atoms with Crippen molar-refractivity contribution in [3.05, 3.63) is 62.1 Å². The number of fused-ring (bicyclic) bond motifs is 1. The molecule has 3 aromatic rings. The van der Waals surface area contributed by atoms with Crippen LogP contribution in [-0.4, -0.2) is 33.2 Å². The lowest BCUT2D eigenvalue weighted by Crippen LogP contribution is -2.26. The van der Waals surface area contributed by atoms with Gasteiger partial charge in [0.2, 0.25) is 0 Å². The molecule has 1 N–H and O–H groups in total. The summed E-state index contributed by atoms with van der Waals surface area (Å²) in [5, 5.41) is 7.58. The van der Waals surface area contributed by atoms with E-state index in [1.807, 2.05) is 0 Å². The normalized spacial score (nSPS) is 10.7. The Balaban J connectivity index is 1.75. The maximum atomic E-state index is 12.4. The van der Waals surface area contributed by atoms with Crippen LogP contribution in [0.5, 0.6) is 0 Å². The lowest BCUT2D eigenvalue weighted by atomic mass is 10.1. The van der Waals surface area contributed by atoms with Crippen molar-refractivity contribution in [1.29, 1.82) is 0 Å². The van der Waals surface area contributed by atoms with Crippen molar-refractivity contribution in [1.82, 2.24) is 14.8 Å². The standard InChI is InChI=1S/C18H14Cl2N4O4/c1-9-12(19)7-13(20)16(21-9)22-14(25)8-28-18(27)15-10-5-3-4-6-11(10)17(26)24(2)23-15/h3-7H,8H2,1-2H3,(H,21,22,25). The number of rotatable bonds is 4. The summed E-state index contributed by atoms with van der Waals surface area (Å²) in [6.07, 6.45) is 0. The molecule has 0 saturated heterocycles. The molecule has 0 bridgehead atoms. The van der Waals surface area contributed by atoms with Gasteiger partial charge in [-0.3, -0.25) is 9.59 Å². The molecule has 0 atom stereocenters. The number of carbonyl (C=O) groups excluding carboxylic acids is 2. The number of nitrogens with zero attached hydrogens (tertiary/aromatic N) is 3. The number of esters is 1. The highest BCUT2D eigenvalue weighted by Crippen LogP contribution is 2.25. The number of amides is 1. The second-order valence-electron chi connectivity index (χ2n) is 5.83. The van der Waals surface area contributed by atoms with E-state index in [0.717, 1.165) is 4.68 Å². The number of pyridine rings is 1. The van der Waals surface area contributed by atoms with Gasteiger partial charge in [-0.2, -0.15) is 5.10 Å². The van der Waals surface area contributed by atoms with Crippen molar-refractivity contribution < 1.29 is 14.3 Å². The van der Waals surface area contributed by atoms with E-state index in [1.165, 1.54) is 13.1 Å². The van der Waals surface area contributed by atoms with Crippen LogP contribution >= 0.6 is 23.2 Å². The number of carbonyl (C=O) groups is 2. The highest BCUT2D eigenvalue weighted by Gasteiger charge is 2.18. The van der Waals surface area contributed by atoms with E-state index in [4.69, 9.17) is 27.9 Å². The number of hydrogen-bond donors (Lipinski definition) is 1. The quantitative estimate of drug-likeness (QED) is 0.650. The Bertz CT molecular complexity index is 1160. The Labute approximate surface area is 169 Å². The van der Waals surface area contributed by atoms with Gasteiger partial charge in [-0.25, -0.2) is 14.5 Å². The number of aryl methyl sites for hydroxylation is 2. The van der Waals surface area contributed by atoms with Gasteiger partial charge in [-0.1, -0.05) is 41.4 Å². The summed E-state index contributed by atoms with van der Waals surface area (Å²) in [5.41, 5.74) is 0.0759. The first-order chi connectivity index (χ1) is 13.3. The summed E-state index contributed by atoms with van der Waals surface area (Å²) in [7, 11) is 1.43. The van der Waals surface area contributed by atoms with Gasteiger partial charge >= 0.3 is 5.97 Å². The van der Waals surface area contributed by atoms with Gasteiger partial charge in [-0.05, 0) is 19.1 Å². The van der Waals surface area contributed by atoms with Crippen LogP contribution < -0.4 is 10.9 Å². The van der Waals surface area contributed by atoms with E-state index in [2.05, 4.69) is 15.4 Å². The summed E-state index contributed by atoms with van der Waals surface area (Å²) in [4.78, 5) is 40.7. The van der Waals surface area contributed by atoms with Crippen LogP contribution in [0.2, 0.25) is 10.0 Å². The molecule has 28 heavy (non-hydrogen) atoms. The highest BCUT2D eigenvalue weighted by molar-refractivity contribution is 6.36. The van der Waals surface area contributed by atoms with Crippen molar-refractivity contribution in [3.63, 3.8) is 0 Å². The molecule has 10 heteroatoms. The average molecular weight is 421 g/mol. The van der Waals surface area contributed by atoms with Crippen LogP contribution in [-0.2, 0) is 16.6 Å². The van der Waals surface area contributed by atoms with E-state index in [9.17, 15) is 14.4 Å². The lowest BCUT2D eigenvalue weighted by molar-refractivity contribution is -0.119. The van der Waals surface area contributed by atoms with Gasteiger partial charge in [0.15, 0.2) is 18.1 Å². The molecule has 1 aromatic carbocycles. The molecule has 0 aliphatic carbocycles. The first-order valence-electron chi connectivity index (χ1n) is 8.03. The van der Waals surface area contributed by atoms with Crippen molar-refractivity contribution in [2.24, 2.45) is 7.05 Å². The zero-order valence-corrected chi connectivity index (χ0v) is 16.3. The van der Waals surface area contributed by atoms with Gasteiger partial charge in [0.1, 0.15) is 0 Å². The molecule has 8 nitrogen and oxygen atoms in total. The number of halogens is 2. The molecular weight excluding hydrogens is 407 g/mol. The van der Waals surface area contributed by atoms with E-state index < -0.39 is 18.5 Å². The average Bonchev–Trinajstić information content (AvgIpc) is 2.67. The van der Waals surface area contributed by atoms with Crippen molar-refractivity contribution in [3.8, 4) is 0 Å². The number of benzene rings is 1. The van der Waals surface area contributed by atoms with Crippen molar-refractivity contribution >= 4 is 51.7 Å². The zero-order valence-electron chi connectivity index (χ0n) is 14.8. The van der Waals surface area contributed by atoms with E-state index in [-0.39, 0.29) is 22.1 Å². The molecule has 0 aliphatic rings. The molecular formula is C18H14Cl2N4O4. The topological polar surface area (TPSA) is 103 Å². The Hall–Kier alpha value is -2.97. The summed E-state index contributed by atoms with van der Waals surface area (Å²) in [5.74, 6) is -1.37. The fourth-order valence-electron chi connectivity index (χ4n) is 2.46. The fourth-order valence-corrected chi connectivity index (χ4v) is 2.87. The predicted octanol–water partition coefficient (Wildman–Crippen LogP) is 2.74. The maximum absolute atomic E-state index is 12.4. The third-order valence-electron chi connectivity index (χ3n) is 3.85. The monoisotopic (exact) mass is 420 g/mol. The fraction of sp³-hybridized carbons (Fsp3) is 0.167. The molecule has 0 saturated carbocycles. The third-order valence-corrected chi connectivity index (χ3v) is 4.52. The van der Waals surface area contributed by atoms with Gasteiger partial charge in [0.05, 0.1) is 21.1 Å². The van der Waals surface area contributed by atoms with Gasteiger partial charge in [0.25, 0.3) is 11.5 Å². The van der Waals surface area contributed by atoms with Crippen LogP contribution in [0.25, 0.3) is 10.8 Å². The summed E-state index contributed by atoms with van der Waals surface area (Å²) >= 11 is 11.9. The number of hydrogen-bond acceptors (Lipinski definition) is 6. The van der Waals surface area contributed by atoms with Crippen LogP contribution in [0.1, 0.15) is 16.2 Å². The van der Waals surface area contributed by atoms with E-state index >= 15 is 0 Å². The second kappa shape index (κ2) is 7.95. The Morgan fingerprint density at radius 1 is 1.18 bits per heavy atom. The first-order valence-corrected chi connectivity index (χ1v) is 8.79. The Morgan fingerprint density at radius 3 is 2.57 bits per heavy atom. The summed E-state index contributed by atoms with van der Waals surface area (Å²) < 4.78 is 6.07. The predicted molar refractivity (Wildman–Crippen MR) is 105 cm³/mol. The van der Waals surface area contributed by atoms with Crippen LogP contribution in [0.4, 0.5) is 5.82 Å². The molecule has 2 heterocycles. The molecule has 0 unspecified atom stereocenters. The van der Waals surface area contributed by atoms with Gasteiger partial charge in [0, 0.05) is 12.4 Å². The van der Waals surface area contributed by atoms with E-state index in [1.54, 1.807) is 31.2 Å². The molecule has 0 aliphatic heterocycles. The molecule has 0 radical (unpaired) electrons. The van der Waals surface area contributed by atoms with E-state index in [0.29, 0.717) is 21.5 Å². The molecule has 3 rings (SSSR count). The number of aromatic nitrogens is 3. The Kier molecular flexibility index (Phi) is 5.62. The SMILES string of the molecule is Cc1nc(NC(=O)COC(=O)c2nn(C)c(=O)c3ccccc23)c(Cl)cc1Cl. The van der Waals surface area contributed by atoms with Gasteiger partial charge in [-0.15, -0.1) is 0 Å². The number of nitrogens with one attached hydrogen (secondary N) is 1. The third kappa shape index (κ3) is 3.97. The smallest absolute Gasteiger partial charge is 0.359 e. The van der Waals surface area contributed by atoms with Crippen LogP contribution in [0.15, 0.2) is 35.1 Å². The summed E-state index contributed by atoms with van der Waals surface area (Å²) in [6.45, 7) is 1.07. The number of anilines is 1. The second-order valence-corrected chi connectivity index (χ2v) is 6.65. The minimum absolute atomic E-state index is 0.0657. The molecule has 2 aromatic heterocycles. The van der Waals surface area contributed by atoms with Gasteiger partial charge < -0.3 is 10.1 Å². The largest absolute Gasteiger partial charge is 0.451 e. The highest BCUT2D eigenvalue weighted by atomic mass is 35.5. The van der Waals surface area contributed by atoms with Crippen LogP contribution in [0, 0.1) is 6.92 Å². The first kappa shape index (κ1) is 19.8. The minimum atomic E-state index is -0.840.